The summed E-state index contributed by atoms with van der Waals surface area (Å²) in [5.74, 6) is 0. The third-order valence-electron chi connectivity index (χ3n) is 1.72. The second kappa shape index (κ2) is 5.37. The average molecular weight is 309 g/mol. The van der Waals surface area contributed by atoms with E-state index in [1.807, 2.05) is 0 Å². The number of nitrogens with one attached hydrogen (secondary N) is 3. The smallest absolute Gasteiger partial charge is 0.323 e. The second-order valence-electron chi connectivity index (χ2n) is 7.93. The van der Waals surface area contributed by atoms with Gasteiger partial charge in [0.2, 0.25) is 0 Å². The van der Waals surface area contributed by atoms with Crippen molar-refractivity contribution in [1.29, 1.82) is 0 Å². The van der Waals surface area contributed by atoms with Crippen LogP contribution < -0.4 is 19.3 Å². The van der Waals surface area contributed by atoms with Crippen molar-refractivity contribution in [3.63, 3.8) is 0 Å². The van der Waals surface area contributed by atoms with E-state index in [9.17, 15) is 0 Å². The number of nitrogens with two attached hydrogens (primary N) is 1. The van der Waals surface area contributed by atoms with Gasteiger partial charge in [-0.2, -0.15) is 0 Å². The Labute approximate surface area is 112 Å². The van der Waals surface area contributed by atoms with Gasteiger partial charge in [0.05, 0.1) is 0 Å². The predicted octanol–water partition coefficient (Wildman–Crippen LogP) is 1.65. The molecule has 0 aromatic heterocycles. The summed E-state index contributed by atoms with van der Waals surface area (Å²) in [6.07, 6.45) is 0. The molecule has 0 aliphatic heterocycles. The molecule has 0 aliphatic carbocycles. The van der Waals surface area contributed by atoms with Crippen LogP contribution in [-0.4, -0.2) is 33.4 Å². The van der Waals surface area contributed by atoms with Crippen molar-refractivity contribution in [3.05, 3.63) is 0 Å². The van der Waals surface area contributed by atoms with E-state index in [0.29, 0.717) is 0 Å². The van der Waals surface area contributed by atoms with Crippen LogP contribution in [0.25, 0.3) is 0 Å². The van der Waals surface area contributed by atoms with Gasteiger partial charge in [-0.05, 0) is 0 Å². The van der Waals surface area contributed by atoms with Gasteiger partial charge in [-0.1, -0.05) is 58.9 Å². The lowest BCUT2D eigenvalue weighted by Crippen LogP contribution is -2.88. The first-order chi connectivity index (χ1) is 7.12. The van der Waals surface area contributed by atoms with Crippen LogP contribution in [0.2, 0.25) is 58.9 Å². The van der Waals surface area contributed by atoms with Crippen molar-refractivity contribution in [1.82, 2.24) is 13.9 Å². The molecule has 0 amide bonds. The van der Waals surface area contributed by atoms with E-state index in [1.165, 1.54) is 0 Å². The zero-order chi connectivity index (χ0) is 14.1. The Morgan fingerprint density at radius 2 is 0.706 bits per heavy atom. The van der Waals surface area contributed by atoms with E-state index in [4.69, 9.17) is 5.40 Å². The highest BCUT2D eigenvalue weighted by Gasteiger charge is 2.41. The van der Waals surface area contributed by atoms with Crippen molar-refractivity contribution < 1.29 is 0 Å². The first-order valence-corrected chi connectivity index (χ1v) is 18.9. The Morgan fingerprint density at radius 3 is 0.824 bits per heavy atom. The fourth-order valence-electron chi connectivity index (χ4n) is 1.87. The monoisotopic (exact) mass is 308 g/mol. The van der Waals surface area contributed by atoms with Crippen molar-refractivity contribution in [2.45, 2.75) is 58.9 Å². The number of rotatable bonds is 6. The molecular weight excluding hydrogens is 276 g/mol. The van der Waals surface area contributed by atoms with Crippen molar-refractivity contribution in [3.8, 4) is 0 Å². The van der Waals surface area contributed by atoms with Crippen LogP contribution in [0.4, 0.5) is 0 Å². The molecule has 5 N–H and O–H groups in total. The largest absolute Gasteiger partial charge is 0.343 e. The highest BCUT2D eigenvalue weighted by Crippen LogP contribution is 2.05. The third kappa shape index (κ3) is 10.3. The van der Waals surface area contributed by atoms with Crippen LogP contribution in [0, 0.1) is 0 Å². The zero-order valence-corrected chi connectivity index (χ0v) is 17.1. The molecule has 0 aliphatic rings. The van der Waals surface area contributed by atoms with E-state index in [2.05, 4.69) is 72.9 Å². The summed E-state index contributed by atoms with van der Waals surface area (Å²) in [6, 6.07) is 0. The molecule has 4 nitrogen and oxygen atoms in total. The van der Waals surface area contributed by atoms with Crippen molar-refractivity contribution >= 4 is 33.4 Å². The summed E-state index contributed by atoms with van der Waals surface area (Å²) in [7, 11) is -6.38. The molecule has 8 heteroatoms. The van der Waals surface area contributed by atoms with Crippen molar-refractivity contribution in [2.75, 3.05) is 0 Å². The van der Waals surface area contributed by atoms with Crippen LogP contribution in [-0.2, 0) is 0 Å². The summed E-state index contributed by atoms with van der Waals surface area (Å²) in [6.45, 7) is 20.7. The lowest BCUT2D eigenvalue weighted by atomic mass is 11.8. The lowest BCUT2D eigenvalue weighted by Gasteiger charge is -2.42. The van der Waals surface area contributed by atoms with E-state index < -0.39 is 33.4 Å². The Bertz CT molecular complexity index is 210. The molecular formula is C9H32N4Si4. The zero-order valence-electron chi connectivity index (χ0n) is 13.1. The molecule has 0 spiro atoms. The highest BCUT2D eigenvalue weighted by molar-refractivity contribution is 6.99. The van der Waals surface area contributed by atoms with Crippen LogP contribution in [0.1, 0.15) is 0 Å². The van der Waals surface area contributed by atoms with E-state index in [1.54, 1.807) is 0 Å². The molecule has 0 bridgehead atoms. The summed E-state index contributed by atoms with van der Waals surface area (Å²) in [5, 5.41) is 6.67. The van der Waals surface area contributed by atoms with Crippen LogP contribution in [0.5, 0.6) is 0 Å². The molecule has 0 saturated carbocycles. The van der Waals surface area contributed by atoms with Gasteiger partial charge in [-0.25, -0.2) is 0 Å². The van der Waals surface area contributed by atoms with Crippen LogP contribution >= 0.6 is 0 Å². The van der Waals surface area contributed by atoms with Gasteiger partial charge < -0.3 is 19.3 Å². The minimum Gasteiger partial charge on any atom is -0.323 e. The molecule has 104 valence electrons. The highest BCUT2D eigenvalue weighted by atomic mass is 28.5. The minimum absolute atomic E-state index is 1.39. The van der Waals surface area contributed by atoms with Gasteiger partial charge in [0.25, 0.3) is 0 Å². The Balaban J connectivity index is 4.95. The summed E-state index contributed by atoms with van der Waals surface area (Å²) < 4.78 is 11.2. The van der Waals surface area contributed by atoms with E-state index in [0.717, 1.165) is 0 Å². The summed E-state index contributed by atoms with van der Waals surface area (Å²) in [4.78, 5) is 0. The Kier molecular flexibility index (Phi) is 5.59. The molecule has 0 fully saturated rings. The minimum atomic E-state index is -2.22. The molecule has 0 heterocycles. The maximum absolute atomic E-state index is 6.67. The molecule has 0 saturated heterocycles. The summed E-state index contributed by atoms with van der Waals surface area (Å²) in [5.41, 5.74) is 0. The maximum Gasteiger partial charge on any atom is 0.343 e. The lowest BCUT2D eigenvalue weighted by molar-refractivity contribution is 1.06. The van der Waals surface area contributed by atoms with E-state index in [-0.39, 0.29) is 0 Å². The van der Waals surface area contributed by atoms with Gasteiger partial charge in [0, 0.05) is 0 Å². The normalized spacial score (nSPS) is 15.2. The first-order valence-electron chi connectivity index (χ1n) is 6.29. The fourth-order valence-corrected chi connectivity index (χ4v) is 18.5. The SMILES string of the molecule is C[Si](C)(C)N[Si](N)(N[Si](C)(C)C)N[Si](C)(C)C. The topological polar surface area (TPSA) is 62.1 Å². The molecule has 17 heavy (non-hydrogen) atoms. The van der Waals surface area contributed by atoms with Gasteiger partial charge in [0.1, 0.15) is 24.7 Å². The van der Waals surface area contributed by atoms with Gasteiger partial charge in [-0.15, -0.1) is 0 Å². The molecule has 0 aromatic rings. The maximum atomic E-state index is 6.67. The third-order valence-corrected chi connectivity index (χ3v) is 15.4. The molecule has 0 atom stereocenters. The van der Waals surface area contributed by atoms with Crippen LogP contribution in [0.3, 0.4) is 0 Å². The van der Waals surface area contributed by atoms with E-state index >= 15 is 0 Å². The number of hydrogen-bond donors (Lipinski definition) is 4. The van der Waals surface area contributed by atoms with Gasteiger partial charge in [0.15, 0.2) is 0 Å². The molecule has 0 unspecified atom stereocenters. The average Bonchev–Trinajstić information content (AvgIpc) is 1.65. The van der Waals surface area contributed by atoms with Gasteiger partial charge in [-0.3, -0.25) is 0 Å². The quantitative estimate of drug-likeness (QED) is 0.564. The van der Waals surface area contributed by atoms with Gasteiger partial charge >= 0.3 is 8.72 Å². The molecule has 0 rings (SSSR count). The molecule has 0 aromatic carbocycles. The fraction of sp³-hybridized carbons (Fsp3) is 1.00. The standard InChI is InChI=1S/C9H32N4Si4/c1-14(2,3)11-17(10,12-15(4,5)6)13-16(7,8)9/h11-13H,10H2,1-9H3. The van der Waals surface area contributed by atoms with Crippen LogP contribution in [0.15, 0.2) is 0 Å². The Hall–Kier alpha value is 0.708. The first kappa shape index (κ1) is 17.7. The van der Waals surface area contributed by atoms with Crippen molar-refractivity contribution in [2.24, 2.45) is 5.40 Å². The second-order valence-corrected chi connectivity index (χ2v) is 26.0. The number of hydrogen-bond acceptors (Lipinski definition) is 4. The predicted molar refractivity (Wildman–Crippen MR) is 89.4 cm³/mol. The molecule has 0 radical (unpaired) electrons. The summed E-state index contributed by atoms with van der Waals surface area (Å²) >= 11 is 0. The Morgan fingerprint density at radius 1 is 0.529 bits per heavy atom.